The molecule has 0 bridgehead atoms. The zero-order chi connectivity index (χ0) is 23.3. The Bertz CT molecular complexity index is 822. The Kier molecular flexibility index (Phi) is 7.80. The number of ether oxygens (including phenoxy) is 1. The number of amides is 2. The van der Waals surface area contributed by atoms with Crippen molar-refractivity contribution in [3.8, 4) is 0 Å². The van der Waals surface area contributed by atoms with E-state index < -0.39 is 11.4 Å². The van der Waals surface area contributed by atoms with Crippen molar-refractivity contribution < 1.29 is 18.7 Å². The standard InChI is InChI=1S/C25H36FN3O3/c1-5-13-29(20-9-7-6-8-10-20)23(30)19-11-12-22(21(26)18-19)27-14-16-28(17-15-27)24(31)32-25(2,3)4/h5,11-12,18,20H,1,6-10,13-17H2,2-4H3. The monoisotopic (exact) mass is 445 g/mol. The predicted molar refractivity (Wildman–Crippen MR) is 125 cm³/mol. The molecule has 0 unspecified atom stereocenters. The molecule has 176 valence electrons. The first-order valence-corrected chi connectivity index (χ1v) is 11.6. The van der Waals surface area contributed by atoms with Crippen molar-refractivity contribution in [1.82, 2.24) is 9.80 Å². The lowest BCUT2D eigenvalue weighted by atomic mass is 9.93. The van der Waals surface area contributed by atoms with Gasteiger partial charge >= 0.3 is 6.09 Å². The van der Waals surface area contributed by atoms with Gasteiger partial charge in [0.2, 0.25) is 0 Å². The molecule has 32 heavy (non-hydrogen) atoms. The molecule has 0 aromatic heterocycles. The summed E-state index contributed by atoms with van der Waals surface area (Å²) in [5.74, 6) is -0.555. The number of benzene rings is 1. The maximum atomic E-state index is 15.0. The number of piperazine rings is 1. The van der Waals surface area contributed by atoms with Crippen molar-refractivity contribution in [1.29, 1.82) is 0 Å². The van der Waals surface area contributed by atoms with Gasteiger partial charge in [-0.15, -0.1) is 6.58 Å². The SMILES string of the molecule is C=CCN(C(=O)c1ccc(N2CCN(C(=O)OC(C)(C)C)CC2)c(F)c1)C1CCCCC1. The molecule has 1 heterocycles. The normalized spacial score (nSPS) is 17.8. The van der Waals surface area contributed by atoms with E-state index in [1.807, 2.05) is 30.6 Å². The molecule has 0 N–H and O–H groups in total. The maximum Gasteiger partial charge on any atom is 0.410 e. The Hall–Kier alpha value is -2.57. The molecule has 6 nitrogen and oxygen atoms in total. The quantitative estimate of drug-likeness (QED) is 0.609. The van der Waals surface area contributed by atoms with E-state index in [-0.39, 0.29) is 18.0 Å². The van der Waals surface area contributed by atoms with Gasteiger partial charge in [-0.25, -0.2) is 9.18 Å². The minimum absolute atomic E-state index is 0.142. The van der Waals surface area contributed by atoms with Crippen LogP contribution in [-0.4, -0.2) is 66.2 Å². The zero-order valence-corrected chi connectivity index (χ0v) is 19.6. The smallest absolute Gasteiger partial charge is 0.410 e. The van der Waals surface area contributed by atoms with Crippen LogP contribution < -0.4 is 4.90 Å². The molecule has 3 rings (SSSR count). The molecule has 1 aliphatic carbocycles. The third-order valence-electron chi connectivity index (χ3n) is 6.07. The van der Waals surface area contributed by atoms with Gasteiger partial charge in [-0.2, -0.15) is 0 Å². The second-order valence-electron chi connectivity index (χ2n) is 9.66. The van der Waals surface area contributed by atoms with Gasteiger partial charge in [0.15, 0.2) is 0 Å². The minimum Gasteiger partial charge on any atom is -0.444 e. The van der Waals surface area contributed by atoms with Crippen molar-refractivity contribution in [2.75, 3.05) is 37.6 Å². The molecule has 1 saturated carbocycles. The number of halogens is 1. The fourth-order valence-corrected chi connectivity index (χ4v) is 4.45. The summed E-state index contributed by atoms with van der Waals surface area (Å²) in [6.07, 6.45) is 6.81. The molecule has 7 heteroatoms. The van der Waals surface area contributed by atoms with Crippen LogP contribution in [-0.2, 0) is 4.74 Å². The summed E-state index contributed by atoms with van der Waals surface area (Å²) in [5.41, 5.74) is 0.282. The third kappa shape index (κ3) is 6.02. The molecular weight excluding hydrogens is 409 g/mol. The molecule has 1 aromatic carbocycles. The highest BCUT2D eigenvalue weighted by Crippen LogP contribution is 2.27. The van der Waals surface area contributed by atoms with Crippen molar-refractivity contribution in [3.05, 3.63) is 42.2 Å². The number of hydrogen-bond donors (Lipinski definition) is 0. The second-order valence-corrected chi connectivity index (χ2v) is 9.66. The van der Waals surface area contributed by atoms with Crippen molar-refractivity contribution in [2.24, 2.45) is 0 Å². The highest BCUT2D eigenvalue weighted by atomic mass is 19.1. The first kappa shape index (κ1) is 24.1. The number of anilines is 1. The first-order valence-electron chi connectivity index (χ1n) is 11.6. The molecule has 0 atom stereocenters. The van der Waals surface area contributed by atoms with Crippen LogP contribution in [0.25, 0.3) is 0 Å². The van der Waals surface area contributed by atoms with E-state index in [0.717, 1.165) is 25.7 Å². The zero-order valence-electron chi connectivity index (χ0n) is 19.6. The minimum atomic E-state index is -0.542. The van der Waals surface area contributed by atoms with Gasteiger partial charge in [-0.1, -0.05) is 25.3 Å². The van der Waals surface area contributed by atoms with Crippen molar-refractivity contribution >= 4 is 17.7 Å². The largest absolute Gasteiger partial charge is 0.444 e. The van der Waals surface area contributed by atoms with Crippen LogP contribution in [0.2, 0.25) is 0 Å². The van der Waals surface area contributed by atoms with Crippen LogP contribution in [0.1, 0.15) is 63.2 Å². The number of rotatable bonds is 5. The summed E-state index contributed by atoms with van der Waals surface area (Å²) in [6.45, 7) is 11.7. The first-order chi connectivity index (χ1) is 15.2. The molecular formula is C25H36FN3O3. The highest BCUT2D eigenvalue weighted by molar-refractivity contribution is 5.95. The van der Waals surface area contributed by atoms with Crippen LogP contribution >= 0.6 is 0 Å². The maximum absolute atomic E-state index is 15.0. The predicted octanol–water partition coefficient (Wildman–Crippen LogP) is 4.84. The van der Waals surface area contributed by atoms with Gasteiger partial charge in [0.1, 0.15) is 11.4 Å². The topological polar surface area (TPSA) is 53.1 Å². The Balaban J connectivity index is 1.65. The van der Waals surface area contributed by atoms with Gasteiger partial charge in [0.25, 0.3) is 5.91 Å². The van der Waals surface area contributed by atoms with E-state index in [2.05, 4.69) is 6.58 Å². The summed E-state index contributed by atoms with van der Waals surface area (Å²) in [6, 6.07) is 4.92. The van der Waals surface area contributed by atoms with Gasteiger partial charge in [0.05, 0.1) is 5.69 Å². The molecule has 0 spiro atoms. The lowest BCUT2D eigenvalue weighted by Crippen LogP contribution is -2.50. The lowest BCUT2D eigenvalue weighted by molar-refractivity contribution is 0.0240. The second kappa shape index (κ2) is 10.4. The number of carbonyl (C=O) groups excluding carboxylic acids is 2. The van der Waals surface area contributed by atoms with Crippen molar-refractivity contribution in [2.45, 2.75) is 64.5 Å². The van der Waals surface area contributed by atoms with Crippen LogP contribution in [0.15, 0.2) is 30.9 Å². The molecule has 0 radical (unpaired) electrons. The third-order valence-corrected chi connectivity index (χ3v) is 6.07. The summed E-state index contributed by atoms with van der Waals surface area (Å²) in [5, 5.41) is 0. The van der Waals surface area contributed by atoms with Crippen LogP contribution in [0.3, 0.4) is 0 Å². The Morgan fingerprint density at radius 2 is 1.81 bits per heavy atom. The molecule has 2 aliphatic rings. The fourth-order valence-electron chi connectivity index (χ4n) is 4.45. The van der Waals surface area contributed by atoms with Crippen LogP contribution in [0.4, 0.5) is 14.9 Å². The Labute approximate surface area is 191 Å². The van der Waals surface area contributed by atoms with Gasteiger partial charge in [-0.05, 0) is 51.8 Å². The van der Waals surface area contributed by atoms with E-state index in [1.54, 1.807) is 23.1 Å². The van der Waals surface area contributed by atoms with E-state index in [4.69, 9.17) is 4.74 Å². The molecule has 2 amide bonds. The van der Waals surface area contributed by atoms with E-state index >= 15 is 4.39 Å². The number of nitrogens with zero attached hydrogens (tertiary/aromatic N) is 3. The van der Waals surface area contributed by atoms with Gasteiger partial charge in [0, 0.05) is 44.3 Å². The molecule has 1 saturated heterocycles. The van der Waals surface area contributed by atoms with E-state index in [1.165, 1.54) is 12.5 Å². The van der Waals surface area contributed by atoms with Crippen LogP contribution in [0, 0.1) is 5.82 Å². The van der Waals surface area contributed by atoms with Crippen LogP contribution in [0.5, 0.6) is 0 Å². The van der Waals surface area contributed by atoms with E-state index in [0.29, 0.717) is 44.0 Å². The summed E-state index contributed by atoms with van der Waals surface area (Å²) >= 11 is 0. The summed E-state index contributed by atoms with van der Waals surface area (Å²) in [4.78, 5) is 30.8. The Morgan fingerprint density at radius 1 is 1.16 bits per heavy atom. The Morgan fingerprint density at radius 3 is 2.38 bits per heavy atom. The molecule has 1 aromatic rings. The van der Waals surface area contributed by atoms with Gasteiger partial charge in [-0.3, -0.25) is 4.79 Å². The number of carbonyl (C=O) groups is 2. The summed E-state index contributed by atoms with van der Waals surface area (Å²) in [7, 11) is 0. The average Bonchev–Trinajstić information content (AvgIpc) is 2.76. The highest BCUT2D eigenvalue weighted by Gasteiger charge is 2.28. The molecule has 2 fully saturated rings. The summed E-state index contributed by atoms with van der Waals surface area (Å²) < 4.78 is 20.4. The lowest BCUT2D eigenvalue weighted by Gasteiger charge is -2.37. The number of hydrogen-bond acceptors (Lipinski definition) is 4. The molecule has 1 aliphatic heterocycles. The average molecular weight is 446 g/mol. The van der Waals surface area contributed by atoms with E-state index in [9.17, 15) is 9.59 Å². The van der Waals surface area contributed by atoms with Crippen molar-refractivity contribution in [3.63, 3.8) is 0 Å². The van der Waals surface area contributed by atoms with Gasteiger partial charge < -0.3 is 19.4 Å². The fraction of sp³-hybridized carbons (Fsp3) is 0.600.